The highest BCUT2D eigenvalue weighted by Gasteiger charge is 2.14. The summed E-state index contributed by atoms with van der Waals surface area (Å²) in [6.07, 6.45) is 0.246. The van der Waals surface area contributed by atoms with Gasteiger partial charge in [-0.3, -0.25) is 9.59 Å². The molecule has 0 radical (unpaired) electrons. The Morgan fingerprint density at radius 2 is 1.66 bits per heavy atom. The Bertz CT molecular complexity index is 957. The fraction of sp³-hybridized carbons (Fsp3) is 0.250. The summed E-state index contributed by atoms with van der Waals surface area (Å²) in [6, 6.07) is 23.4. The zero-order chi connectivity index (χ0) is 20.5. The average Bonchev–Trinajstić information content (AvgIpc) is 2.76. The van der Waals surface area contributed by atoms with Crippen molar-refractivity contribution in [1.29, 1.82) is 0 Å². The standard InChI is InChI=1S/C24H26N2O3/c1-29-16-15-26(18-19-7-3-2-4-8-19)23(27)13-14-25-24(28)22-12-11-20-9-5-6-10-21(20)17-22/h2-12,17H,13-16,18H2,1H3,(H,25,28). The Labute approximate surface area is 171 Å². The predicted molar refractivity (Wildman–Crippen MR) is 115 cm³/mol. The fourth-order valence-corrected chi connectivity index (χ4v) is 3.17. The minimum atomic E-state index is -0.171. The van der Waals surface area contributed by atoms with Crippen LogP contribution in [-0.2, 0) is 16.1 Å². The van der Waals surface area contributed by atoms with Gasteiger partial charge in [0.15, 0.2) is 0 Å². The molecule has 0 aromatic heterocycles. The number of hydrogen-bond acceptors (Lipinski definition) is 3. The molecule has 0 heterocycles. The molecule has 0 unspecified atom stereocenters. The minimum absolute atomic E-state index is 0.00952. The number of rotatable bonds is 9. The van der Waals surface area contributed by atoms with Crippen LogP contribution in [0.4, 0.5) is 0 Å². The van der Waals surface area contributed by atoms with Gasteiger partial charge in [0.1, 0.15) is 0 Å². The predicted octanol–water partition coefficient (Wildman–Crippen LogP) is 3.63. The summed E-state index contributed by atoms with van der Waals surface area (Å²) < 4.78 is 5.13. The average molecular weight is 390 g/mol. The first-order chi connectivity index (χ1) is 14.2. The summed E-state index contributed by atoms with van der Waals surface area (Å²) >= 11 is 0. The minimum Gasteiger partial charge on any atom is -0.383 e. The second kappa shape index (κ2) is 10.4. The Kier molecular flexibility index (Phi) is 7.36. The highest BCUT2D eigenvalue weighted by Crippen LogP contribution is 2.15. The molecule has 5 nitrogen and oxygen atoms in total. The van der Waals surface area contributed by atoms with E-state index in [9.17, 15) is 9.59 Å². The summed E-state index contributed by atoms with van der Waals surface area (Å²) in [7, 11) is 1.62. The largest absolute Gasteiger partial charge is 0.383 e. The van der Waals surface area contributed by atoms with Gasteiger partial charge in [0.25, 0.3) is 5.91 Å². The van der Waals surface area contributed by atoms with Crippen molar-refractivity contribution in [2.24, 2.45) is 0 Å². The highest BCUT2D eigenvalue weighted by atomic mass is 16.5. The van der Waals surface area contributed by atoms with Crippen molar-refractivity contribution in [2.75, 3.05) is 26.8 Å². The topological polar surface area (TPSA) is 58.6 Å². The van der Waals surface area contributed by atoms with Gasteiger partial charge >= 0.3 is 0 Å². The number of hydrogen-bond donors (Lipinski definition) is 1. The molecule has 0 bridgehead atoms. The molecule has 0 aliphatic heterocycles. The van der Waals surface area contributed by atoms with Crippen LogP contribution in [0.1, 0.15) is 22.3 Å². The van der Waals surface area contributed by atoms with E-state index in [2.05, 4.69) is 5.32 Å². The molecule has 0 aliphatic carbocycles. The van der Waals surface area contributed by atoms with Crippen molar-refractivity contribution in [1.82, 2.24) is 10.2 Å². The third-order valence-electron chi connectivity index (χ3n) is 4.77. The SMILES string of the molecule is COCCN(Cc1ccccc1)C(=O)CCNC(=O)c1ccc2ccccc2c1. The lowest BCUT2D eigenvalue weighted by molar-refractivity contribution is -0.132. The van der Waals surface area contributed by atoms with E-state index < -0.39 is 0 Å². The first-order valence-electron chi connectivity index (χ1n) is 9.75. The molecule has 5 heteroatoms. The van der Waals surface area contributed by atoms with Gasteiger partial charge in [-0.25, -0.2) is 0 Å². The maximum absolute atomic E-state index is 12.7. The van der Waals surface area contributed by atoms with Gasteiger partial charge in [-0.2, -0.15) is 0 Å². The van der Waals surface area contributed by atoms with Crippen molar-refractivity contribution < 1.29 is 14.3 Å². The number of amides is 2. The molecule has 0 saturated heterocycles. The lowest BCUT2D eigenvalue weighted by Crippen LogP contribution is -2.36. The highest BCUT2D eigenvalue weighted by molar-refractivity contribution is 5.98. The van der Waals surface area contributed by atoms with Gasteiger partial charge in [0, 0.05) is 38.7 Å². The first kappa shape index (κ1) is 20.6. The summed E-state index contributed by atoms with van der Waals surface area (Å²) in [6.45, 7) is 1.81. The number of carbonyl (C=O) groups is 2. The number of methoxy groups -OCH3 is 1. The normalized spacial score (nSPS) is 10.7. The summed E-state index contributed by atoms with van der Waals surface area (Å²) in [5.41, 5.74) is 1.66. The monoisotopic (exact) mass is 390 g/mol. The number of benzene rings is 3. The molecule has 29 heavy (non-hydrogen) atoms. The first-order valence-corrected chi connectivity index (χ1v) is 9.75. The molecule has 150 valence electrons. The van der Waals surface area contributed by atoms with Gasteiger partial charge < -0.3 is 15.0 Å². The third-order valence-corrected chi connectivity index (χ3v) is 4.77. The van der Waals surface area contributed by atoms with Crippen LogP contribution in [0.2, 0.25) is 0 Å². The molecule has 0 atom stereocenters. The number of carbonyl (C=O) groups excluding carboxylic acids is 2. The molecule has 3 rings (SSSR count). The van der Waals surface area contributed by atoms with E-state index in [-0.39, 0.29) is 18.2 Å². The van der Waals surface area contributed by atoms with Crippen LogP contribution < -0.4 is 5.32 Å². The smallest absolute Gasteiger partial charge is 0.251 e. The molecular formula is C24H26N2O3. The third kappa shape index (κ3) is 5.90. The van der Waals surface area contributed by atoms with Gasteiger partial charge in [0.2, 0.25) is 5.91 Å². The van der Waals surface area contributed by atoms with E-state index in [0.29, 0.717) is 31.8 Å². The summed E-state index contributed by atoms with van der Waals surface area (Å²) in [5.74, 6) is -0.181. The van der Waals surface area contributed by atoms with Gasteiger partial charge in [-0.05, 0) is 28.5 Å². The summed E-state index contributed by atoms with van der Waals surface area (Å²) in [4.78, 5) is 26.9. The Balaban J connectivity index is 1.54. The molecule has 3 aromatic rings. The number of nitrogens with one attached hydrogen (secondary N) is 1. The van der Waals surface area contributed by atoms with Crippen molar-refractivity contribution in [3.8, 4) is 0 Å². The zero-order valence-corrected chi connectivity index (χ0v) is 16.6. The van der Waals surface area contributed by atoms with E-state index in [0.717, 1.165) is 16.3 Å². The second-order valence-electron chi connectivity index (χ2n) is 6.86. The number of fused-ring (bicyclic) bond motifs is 1. The van der Waals surface area contributed by atoms with Crippen LogP contribution in [0.5, 0.6) is 0 Å². The number of ether oxygens (including phenoxy) is 1. The second-order valence-corrected chi connectivity index (χ2v) is 6.86. The maximum Gasteiger partial charge on any atom is 0.251 e. The quantitative estimate of drug-likeness (QED) is 0.607. The zero-order valence-electron chi connectivity index (χ0n) is 16.6. The van der Waals surface area contributed by atoms with E-state index >= 15 is 0 Å². The molecule has 2 amide bonds. The lowest BCUT2D eigenvalue weighted by Gasteiger charge is -2.22. The van der Waals surface area contributed by atoms with E-state index in [1.54, 1.807) is 18.1 Å². The summed E-state index contributed by atoms with van der Waals surface area (Å²) in [5, 5.41) is 4.96. The van der Waals surface area contributed by atoms with Crippen molar-refractivity contribution >= 4 is 22.6 Å². The fourth-order valence-electron chi connectivity index (χ4n) is 3.17. The van der Waals surface area contributed by atoms with Crippen LogP contribution >= 0.6 is 0 Å². The number of nitrogens with zero attached hydrogens (tertiary/aromatic N) is 1. The van der Waals surface area contributed by atoms with Crippen LogP contribution in [0.15, 0.2) is 72.8 Å². The Morgan fingerprint density at radius 3 is 2.41 bits per heavy atom. The van der Waals surface area contributed by atoms with Crippen molar-refractivity contribution in [2.45, 2.75) is 13.0 Å². The van der Waals surface area contributed by atoms with E-state index in [1.807, 2.05) is 66.7 Å². The lowest BCUT2D eigenvalue weighted by atomic mass is 10.1. The van der Waals surface area contributed by atoms with Gasteiger partial charge in [-0.1, -0.05) is 60.7 Å². The van der Waals surface area contributed by atoms with Crippen LogP contribution in [0, 0.1) is 0 Å². The maximum atomic E-state index is 12.7. The van der Waals surface area contributed by atoms with Gasteiger partial charge in [-0.15, -0.1) is 0 Å². The van der Waals surface area contributed by atoms with E-state index in [4.69, 9.17) is 4.74 Å². The Morgan fingerprint density at radius 1 is 0.931 bits per heavy atom. The van der Waals surface area contributed by atoms with Crippen LogP contribution in [-0.4, -0.2) is 43.5 Å². The van der Waals surface area contributed by atoms with E-state index in [1.165, 1.54) is 0 Å². The van der Waals surface area contributed by atoms with Crippen LogP contribution in [0.25, 0.3) is 10.8 Å². The molecule has 0 aliphatic rings. The van der Waals surface area contributed by atoms with Gasteiger partial charge in [0.05, 0.1) is 6.61 Å². The molecular weight excluding hydrogens is 364 g/mol. The Hall–Kier alpha value is -3.18. The van der Waals surface area contributed by atoms with Crippen molar-refractivity contribution in [3.05, 3.63) is 83.9 Å². The molecule has 1 N–H and O–H groups in total. The molecule has 0 saturated carbocycles. The molecule has 0 fully saturated rings. The molecule has 0 spiro atoms. The van der Waals surface area contributed by atoms with Crippen molar-refractivity contribution in [3.63, 3.8) is 0 Å². The van der Waals surface area contributed by atoms with Crippen LogP contribution in [0.3, 0.4) is 0 Å². The molecule has 3 aromatic carbocycles.